The first-order chi connectivity index (χ1) is 12.1. The van der Waals surface area contributed by atoms with Crippen molar-refractivity contribution >= 4 is 11.7 Å². The summed E-state index contributed by atoms with van der Waals surface area (Å²) in [6.45, 7) is 2.16. The van der Waals surface area contributed by atoms with E-state index >= 15 is 0 Å². The van der Waals surface area contributed by atoms with E-state index in [1.54, 1.807) is 14.0 Å². The van der Waals surface area contributed by atoms with Gasteiger partial charge in [0.15, 0.2) is 0 Å². The molecule has 2 heterocycles. The number of benzene rings is 1. The molecule has 0 aliphatic heterocycles. The third-order valence-corrected chi connectivity index (χ3v) is 3.96. The van der Waals surface area contributed by atoms with Gasteiger partial charge in [0.05, 0.1) is 12.8 Å². The molecule has 8 heteroatoms. The van der Waals surface area contributed by atoms with E-state index in [0.29, 0.717) is 30.0 Å². The van der Waals surface area contributed by atoms with Crippen LogP contribution >= 0.6 is 0 Å². The Morgan fingerprint density at radius 2 is 2.24 bits per heavy atom. The van der Waals surface area contributed by atoms with Gasteiger partial charge in [0.25, 0.3) is 11.3 Å². The fourth-order valence-electron chi connectivity index (χ4n) is 2.59. The minimum Gasteiger partial charge on any atom is -0.497 e. The fraction of sp³-hybridized carbons (Fsp3) is 0.294. The molecule has 2 N–H and O–H groups in total. The van der Waals surface area contributed by atoms with Crippen molar-refractivity contribution in [3.63, 3.8) is 0 Å². The van der Waals surface area contributed by atoms with E-state index in [0.717, 1.165) is 11.3 Å². The number of fused-ring (bicyclic) bond motifs is 1. The summed E-state index contributed by atoms with van der Waals surface area (Å²) in [6, 6.07) is 7.50. The Balaban J connectivity index is 1.61. The molecule has 1 amide bonds. The summed E-state index contributed by atoms with van der Waals surface area (Å²) in [5.74, 6) is 0.944. The second kappa shape index (κ2) is 7.16. The van der Waals surface area contributed by atoms with Crippen molar-refractivity contribution in [2.45, 2.75) is 26.3 Å². The normalized spacial score (nSPS) is 10.8. The topological polar surface area (TPSA) is 101 Å². The Labute approximate surface area is 143 Å². The summed E-state index contributed by atoms with van der Waals surface area (Å²) in [5, 5.41) is 5.57. The number of rotatable bonds is 6. The van der Waals surface area contributed by atoms with Crippen molar-refractivity contribution < 1.29 is 9.53 Å². The van der Waals surface area contributed by atoms with Crippen molar-refractivity contribution in [1.29, 1.82) is 0 Å². The summed E-state index contributed by atoms with van der Waals surface area (Å²) < 4.78 is 6.43. The maximum atomic E-state index is 12.4. The van der Waals surface area contributed by atoms with Gasteiger partial charge in [-0.3, -0.25) is 14.7 Å². The first-order valence-corrected chi connectivity index (χ1v) is 7.89. The lowest BCUT2D eigenvalue weighted by atomic mass is 10.1. The van der Waals surface area contributed by atoms with Gasteiger partial charge in [0, 0.05) is 18.5 Å². The summed E-state index contributed by atoms with van der Waals surface area (Å²) in [7, 11) is 1.60. The number of aryl methyl sites for hydroxylation is 1. The highest BCUT2D eigenvalue weighted by Gasteiger charge is 2.12. The second-order valence-corrected chi connectivity index (χ2v) is 5.63. The first kappa shape index (κ1) is 16.7. The number of carbonyl (C=O) groups is 1. The van der Waals surface area contributed by atoms with Gasteiger partial charge in [-0.25, -0.2) is 9.97 Å². The summed E-state index contributed by atoms with van der Waals surface area (Å²) in [5.41, 5.74) is 1.83. The number of hydrogen-bond donors (Lipinski definition) is 2. The Hall–Kier alpha value is -3.16. The summed E-state index contributed by atoms with van der Waals surface area (Å²) >= 11 is 0. The maximum absolute atomic E-state index is 12.4. The molecule has 3 aromatic rings. The molecule has 0 fully saturated rings. The van der Waals surface area contributed by atoms with Crippen LogP contribution in [-0.2, 0) is 17.8 Å². The number of aromatic amines is 1. The quantitative estimate of drug-likeness (QED) is 0.696. The lowest BCUT2D eigenvalue weighted by Crippen LogP contribution is -2.26. The molecule has 0 saturated heterocycles. The minimum absolute atomic E-state index is 0.128. The van der Waals surface area contributed by atoms with E-state index in [9.17, 15) is 9.59 Å². The molecule has 0 bridgehead atoms. The number of nitrogens with zero attached hydrogens (tertiary/aromatic N) is 3. The van der Waals surface area contributed by atoms with Crippen molar-refractivity contribution in [1.82, 2.24) is 24.9 Å². The molecule has 0 aliphatic carbocycles. The molecule has 8 nitrogen and oxygen atoms in total. The summed E-state index contributed by atoms with van der Waals surface area (Å²) in [6.07, 6.45) is 1.94. The molecule has 130 valence electrons. The predicted octanol–water partition coefficient (Wildman–Crippen LogP) is 0.984. The van der Waals surface area contributed by atoms with Crippen LogP contribution in [0.15, 0.2) is 35.4 Å². The predicted molar refractivity (Wildman–Crippen MR) is 91.5 cm³/mol. The zero-order valence-corrected chi connectivity index (χ0v) is 14.1. The number of nitrogens with one attached hydrogen (secondary N) is 2. The van der Waals surface area contributed by atoms with E-state index in [1.165, 1.54) is 10.8 Å². The largest absolute Gasteiger partial charge is 0.497 e. The Bertz CT molecular complexity index is 960. The highest BCUT2D eigenvalue weighted by Crippen LogP contribution is 2.12. The van der Waals surface area contributed by atoms with Crippen molar-refractivity contribution in [3.8, 4) is 5.75 Å². The molecular weight excluding hydrogens is 322 g/mol. The zero-order valence-electron chi connectivity index (χ0n) is 14.1. The van der Waals surface area contributed by atoms with Gasteiger partial charge < -0.3 is 10.1 Å². The molecule has 0 spiro atoms. The lowest BCUT2D eigenvalue weighted by molar-refractivity contribution is -0.121. The number of carbonyl (C=O) groups excluding carboxylic acids is 1. The lowest BCUT2D eigenvalue weighted by Gasteiger charge is -2.08. The average Bonchev–Trinajstić information content (AvgIpc) is 3.08. The average molecular weight is 341 g/mol. The standard InChI is InChI=1S/C17H19N5O3/c1-11-14(16(24)22-17(21-11)19-10-20-22)6-7-15(23)18-9-12-4-3-5-13(8-12)25-2/h3-5,8,10H,6-7,9H2,1-2H3,(H,18,23)(H,19,20,21). The van der Waals surface area contributed by atoms with Crippen molar-refractivity contribution in [3.05, 3.63) is 57.8 Å². The molecule has 0 radical (unpaired) electrons. The minimum atomic E-state index is -0.222. The molecule has 2 aromatic heterocycles. The van der Waals surface area contributed by atoms with Crippen LogP contribution in [0, 0.1) is 6.92 Å². The van der Waals surface area contributed by atoms with Crippen LogP contribution in [0.5, 0.6) is 5.75 Å². The number of amides is 1. The van der Waals surface area contributed by atoms with Gasteiger partial charge in [0.1, 0.15) is 12.1 Å². The molecule has 25 heavy (non-hydrogen) atoms. The molecule has 3 rings (SSSR count). The van der Waals surface area contributed by atoms with Crippen LogP contribution in [-0.4, -0.2) is 32.6 Å². The van der Waals surface area contributed by atoms with E-state index in [2.05, 4.69) is 20.4 Å². The van der Waals surface area contributed by atoms with Crippen LogP contribution in [0.1, 0.15) is 23.2 Å². The SMILES string of the molecule is COc1cccc(CNC(=O)CCc2c(C)nc3nc[nH]n3c2=O)c1. The molecular formula is C17H19N5O3. The first-order valence-electron chi connectivity index (χ1n) is 7.89. The smallest absolute Gasteiger partial charge is 0.277 e. The summed E-state index contributed by atoms with van der Waals surface area (Å²) in [4.78, 5) is 32.7. The number of methoxy groups -OCH3 is 1. The van der Waals surface area contributed by atoms with Crippen molar-refractivity contribution in [2.75, 3.05) is 7.11 Å². The third-order valence-electron chi connectivity index (χ3n) is 3.96. The van der Waals surface area contributed by atoms with E-state index in [1.807, 2.05) is 24.3 Å². The van der Waals surface area contributed by atoms with Crippen LogP contribution < -0.4 is 15.6 Å². The third kappa shape index (κ3) is 3.68. The zero-order chi connectivity index (χ0) is 17.8. The number of ether oxygens (including phenoxy) is 1. The molecule has 0 unspecified atom stereocenters. The molecule has 0 aliphatic rings. The maximum Gasteiger partial charge on any atom is 0.277 e. The van der Waals surface area contributed by atoms with E-state index in [4.69, 9.17) is 4.74 Å². The van der Waals surface area contributed by atoms with Gasteiger partial charge in [-0.05, 0) is 31.0 Å². The highest BCUT2D eigenvalue weighted by atomic mass is 16.5. The number of aromatic nitrogens is 4. The van der Waals surface area contributed by atoms with Gasteiger partial charge in [-0.1, -0.05) is 12.1 Å². The highest BCUT2D eigenvalue weighted by molar-refractivity contribution is 5.76. The molecule has 1 aromatic carbocycles. The number of hydrogen-bond acceptors (Lipinski definition) is 5. The van der Waals surface area contributed by atoms with E-state index < -0.39 is 0 Å². The van der Waals surface area contributed by atoms with Gasteiger partial charge in [0.2, 0.25) is 5.91 Å². The van der Waals surface area contributed by atoms with Crippen LogP contribution in [0.25, 0.3) is 5.78 Å². The Morgan fingerprint density at radius 1 is 1.40 bits per heavy atom. The van der Waals surface area contributed by atoms with Gasteiger partial charge >= 0.3 is 0 Å². The van der Waals surface area contributed by atoms with Gasteiger partial charge in [-0.15, -0.1) is 0 Å². The Morgan fingerprint density at radius 3 is 3.04 bits per heavy atom. The fourth-order valence-corrected chi connectivity index (χ4v) is 2.59. The Kier molecular flexibility index (Phi) is 4.78. The van der Waals surface area contributed by atoms with Crippen molar-refractivity contribution in [2.24, 2.45) is 0 Å². The van der Waals surface area contributed by atoms with Crippen LogP contribution in [0.3, 0.4) is 0 Å². The van der Waals surface area contributed by atoms with E-state index in [-0.39, 0.29) is 17.9 Å². The monoisotopic (exact) mass is 341 g/mol. The molecule has 0 atom stereocenters. The molecule has 0 saturated carbocycles. The second-order valence-electron chi connectivity index (χ2n) is 5.63. The van der Waals surface area contributed by atoms with Crippen LogP contribution in [0.4, 0.5) is 0 Å². The number of H-pyrrole nitrogens is 1. The van der Waals surface area contributed by atoms with Crippen LogP contribution in [0.2, 0.25) is 0 Å². The van der Waals surface area contributed by atoms with Gasteiger partial charge in [-0.2, -0.15) is 4.52 Å².